The van der Waals surface area contributed by atoms with Crippen LogP contribution in [-0.4, -0.2) is 35.2 Å². The van der Waals surface area contributed by atoms with Crippen LogP contribution in [0.2, 0.25) is 0 Å². The average Bonchev–Trinajstić information content (AvgIpc) is 2.30. The van der Waals surface area contributed by atoms with Crippen LogP contribution in [0.15, 0.2) is 18.3 Å². The molecule has 0 amide bonds. The quantitative estimate of drug-likeness (QED) is 0.556. The number of aromatic nitrogens is 1. The SMILES string of the molecule is OB(O)c1ccnc(C2CCNCC2)c1. The third kappa shape index (κ3) is 2.56. The zero-order chi connectivity index (χ0) is 10.7. The van der Waals surface area contributed by atoms with Crippen LogP contribution < -0.4 is 10.8 Å². The van der Waals surface area contributed by atoms with E-state index in [1.807, 2.05) is 0 Å². The molecule has 0 radical (unpaired) electrons. The molecule has 2 rings (SSSR count). The lowest BCUT2D eigenvalue weighted by Crippen LogP contribution is -2.32. The highest BCUT2D eigenvalue weighted by atomic mass is 16.4. The van der Waals surface area contributed by atoms with Gasteiger partial charge >= 0.3 is 7.12 Å². The molecule has 0 unspecified atom stereocenters. The third-order valence-electron chi connectivity index (χ3n) is 2.86. The molecule has 1 fully saturated rings. The maximum Gasteiger partial charge on any atom is 0.488 e. The normalized spacial score (nSPS) is 17.7. The number of rotatable bonds is 2. The van der Waals surface area contributed by atoms with E-state index in [1.54, 1.807) is 18.3 Å². The predicted molar refractivity (Wildman–Crippen MR) is 58.9 cm³/mol. The van der Waals surface area contributed by atoms with Crippen molar-refractivity contribution in [2.75, 3.05) is 13.1 Å². The van der Waals surface area contributed by atoms with Crippen molar-refractivity contribution in [1.82, 2.24) is 10.3 Å². The lowest BCUT2D eigenvalue weighted by atomic mass is 9.79. The van der Waals surface area contributed by atoms with Crippen molar-refractivity contribution in [2.45, 2.75) is 18.8 Å². The molecule has 3 N–H and O–H groups in total. The second-order valence-corrected chi connectivity index (χ2v) is 3.91. The van der Waals surface area contributed by atoms with Crippen LogP contribution in [0.25, 0.3) is 0 Å². The Morgan fingerprint density at radius 2 is 2.07 bits per heavy atom. The van der Waals surface area contributed by atoms with Gasteiger partial charge in [-0.2, -0.15) is 0 Å². The van der Waals surface area contributed by atoms with Gasteiger partial charge in [0, 0.05) is 17.8 Å². The van der Waals surface area contributed by atoms with E-state index in [2.05, 4.69) is 10.3 Å². The zero-order valence-electron chi connectivity index (χ0n) is 8.56. The highest BCUT2D eigenvalue weighted by Crippen LogP contribution is 2.22. The summed E-state index contributed by atoms with van der Waals surface area (Å²) < 4.78 is 0. The van der Waals surface area contributed by atoms with Gasteiger partial charge in [-0.15, -0.1) is 0 Å². The maximum atomic E-state index is 9.06. The zero-order valence-corrected chi connectivity index (χ0v) is 8.56. The minimum absolute atomic E-state index is 0.449. The molecule has 5 heteroatoms. The summed E-state index contributed by atoms with van der Waals surface area (Å²) in [6.45, 7) is 2.02. The first-order chi connectivity index (χ1) is 7.27. The Morgan fingerprint density at radius 3 is 2.73 bits per heavy atom. The molecule has 0 aliphatic carbocycles. The summed E-state index contributed by atoms with van der Waals surface area (Å²) in [5.41, 5.74) is 1.50. The topological polar surface area (TPSA) is 65.4 Å². The fraction of sp³-hybridized carbons (Fsp3) is 0.500. The molecule has 1 aromatic rings. The van der Waals surface area contributed by atoms with Crippen molar-refractivity contribution in [3.05, 3.63) is 24.0 Å². The highest BCUT2D eigenvalue weighted by molar-refractivity contribution is 6.58. The lowest BCUT2D eigenvalue weighted by molar-refractivity contribution is 0.425. The van der Waals surface area contributed by atoms with Crippen LogP contribution in [-0.2, 0) is 0 Å². The first-order valence-corrected chi connectivity index (χ1v) is 5.30. The minimum atomic E-state index is -1.39. The van der Waals surface area contributed by atoms with Crippen LogP contribution in [0.5, 0.6) is 0 Å². The Labute approximate surface area is 89.5 Å². The third-order valence-corrected chi connectivity index (χ3v) is 2.86. The number of nitrogens with one attached hydrogen (secondary N) is 1. The fourth-order valence-corrected chi connectivity index (χ4v) is 1.97. The second kappa shape index (κ2) is 4.74. The van der Waals surface area contributed by atoms with Crippen LogP contribution >= 0.6 is 0 Å². The summed E-state index contributed by atoms with van der Waals surface area (Å²) >= 11 is 0. The van der Waals surface area contributed by atoms with E-state index >= 15 is 0 Å². The molecule has 1 aliphatic heterocycles. The van der Waals surface area contributed by atoms with Gasteiger partial charge in [0.1, 0.15) is 0 Å². The molecule has 0 spiro atoms. The van der Waals surface area contributed by atoms with Crippen molar-refractivity contribution in [1.29, 1.82) is 0 Å². The van der Waals surface area contributed by atoms with Crippen LogP contribution in [0.3, 0.4) is 0 Å². The Morgan fingerprint density at radius 1 is 1.33 bits per heavy atom. The van der Waals surface area contributed by atoms with Gasteiger partial charge in [-0.1, -0.05) is 0 Å². The molecular weight excluding hydrogens is 191 g/mol. The average molecular weight is 206 g/mol. The monoisotopic (exact) mass is 206 g/mol. The minimum Gasteiger partial charge on any atom is -0.423 e. The second-order valence-electron chi connectivity index (χ2n) is 3.91. The largest absolute Gasteiger partial charge is 0.488 e. The van der Waals surface area contributed by atoms with E-state index in [0.717, 1.165) is 31.6 Å². The molecule has 15 heavy (non-hydrogen) atoms. The predicted octanol–water partition coefficient (Wildman–Crippen LogP) is -0.772. The Kier molecular flexibility index (Phi) is 3.35. The lowest BCUT2D eigenvalue weighted by Gasteiger charge is -2.22. The smallest absolute Gasteiger partial charge is 0.423 e. The standard InChI is InChI=1S/C10H15BN2O2/c14-11(15)9-3-6-13-10(7-9)8-1-4-12-5-2-8/h3,6-8,12,14-15H,1-2,4-5H2. The van der Waals surface area contributed by atoms with E-state index in [4.69, 9.17) is 10.0 Å². The molecule has 2 heterocycles. The van der Waals surface area contributed by atoms with Gasteiger partial charge < -0.3 is 15.4 Å². The van der Waals surface area contributed by atoms with Crippen molar-refractivity contribution in [2.24, 2.45) is 0 Å². The summed E-state index contributed by atoms with van der Waals surface area (Å²) in [4.78, 5) is 4.30. The van der Waals surface area contributed by atoms with Crippen molar-refractivity contribution in [3.63, 3.8) is 0 Å². The van der Waals surface area contributed by atoms with Gasteiger partial charge in [0.15, 0.2) is 0 Å². The molecule has 1 saturated heterocycles. The molecule has 0 saturated carbocycles. The number of piperidine rings is 1. The first-order valence-electron chi connectivity index (χ1n) is 5.30. The van der Waals surface area contributed by atoms with E-state index in [0.29, 0.717) is 11.4 Å². The molecule has 0 aromatic carbocycles. The summed E-state index contributed by atoms with van der Waals surface area (Å²) in [5.74, 6) is 0.449. The molecular formula is C10H15BN2O2. The van der Waals surface area contributed by atoms with Crippen molar-refractivity contribution < 1.29 is 10.0 Å². The van der Waals surface area contributed by atoms with Gasteiger partial charge in [-0.3, -0.25) is 4.98 Å². The molecule has 1 aliphatic rings. The molecule has 1 aromatic heterocycles. The van der Waals surface area contributed by atoms with Crippen molar-refractivity contribution >= 4 is 12.6 Å². The Bertz CT molecular complexity index is 327. The molecule has 80 valence electrons. The highest BCUT2D eigenvalue weighted by Gasteiger charge is 2.18. The first kappa shape index (κ1) is 10.6. The Hall–Kier alpha value is -0.905. The summed E-state index contributed by atoms with van der Waals surface area (Å²) in [7, 11) is -1.39. The summed E-state index contributed by atoms with van der Waals surface area (Å²) in [6, 6.07) is 3.43. The van der Waals surface area contributed by atoms with Crippen LogP contribution in [0.1, 0.15) is 24.5 Å². The van der Waals surface area contributed by atoms with Gasteiger partial charge in [0.05, 0.1) is 0 Å². The van der Waals surface area contributed by atoms with Gasteiger partial charge in [0.2, 0.25) is 0 Å². The van der Waals surface area contributed by atoms with Crippen molar-refractivity contribution in [3.8, 4) is 0 Å². The number of hydrogen-bond acceptors (Lipinski definition) is 4. The van der Waals surface area contributed by atoms with Gasteiger partial charge in [0.25, 0.3) is 0 Å². The van der Waals surface area contributed by atoms with E-state index in [9.17, 15) is 0 Å². The van der Waals surface area contributed by atoms with Gasteiger partial charge in [-0.25, -0.2) is 0 Å². The summed E-state index contributed by atoms with van der Waals surface area (Å²) in [6.07, 6.45) is 3.78. The van der Waals surface area contributed by atoms with Gasteiger partial charge in [-0.05, 0) is 43.5 Å². The summed E-state index contributed by atoms with van der Waals surface area (Å²) in [5, 5.41) is 21.4. The Balaban J connectivity index is 2.16. The van der Waals surface area contributed by atoms with Crippen LogP contribution in [0.4, 0.5) is 0 Å². The number of nitrogens with zero attached hydrogens (tertiary/aromatic N) is 1. The molecule has 0 atom stereocenters. The number of pyridine rings is 1. The molecule has 0 bridgehead atoms. The van der Waals surface area contributed by atoms with Crippen LogP contribution in [0, 0.1) is 0 Å². The van der Waals surface area contributed by atoms with E-state index in [1.165, 1.54) is 0 Å². The number of hydrogen-bond donors (Lipinski definition) is 3. The maximum absolute atomic E-state index is 9.06. The fourth-order valence-electron chi connectivity index (χ4n) is 1.97. The van der Waals surface area contributed by atoms with E-state index in [-0.39, 0.29) is 0 Å². The van der Waals surface area contributed by atoms with E-state index < -0.39 is 7.12 Å². The molecule has 4 nitrogen and oxygen atoms in total.